The van der Waals surface area contributed by atoms with Crippen molar-refractivity contribution in [3.05, 3.63) is 12.2 Å². The molecular weight excluding hydrogens is 226 g/mol. The van der Waals surface area contributed by atoms with Crippen LogP contribution in [0.2, 0.25) is 0 Å². The van der Waals surface area contributed by atoms with Gasteiger partial charge in [0.1, 0.15) is 0 Å². The highest BCUT2D eigenvalue weighted by molar-refractivity contribution is 5.84. The van der Waals surface area contributed by atoms with Crippen molar-refractivity contribution in [3.8, 4) is 0 Å². The molecule has 0 heterocycles. The lowest BCUT2D eigenvalue weighted by Crippen LogP contribution is -2.39. The van der Waals surface area contributed by atoms with E-state index in [0.717, 1.165) is 0 Å². The van der Waals surface area contributed by atoms with E-state index in [4.69, 9.17) is 14.7 Å². The van der Waals surface area contributed by atoms with Crippen LogP contribution in [-0.4, -0.2) is 37.3 Å². The van der Waals surface area contributed by atoms with Gasteiger partial charge in [-0.25, -0.2) is 5.48 Å². The molecule has 0 aliphatic heterocycles. The third-order valence-corrected chi connectivity index (χ3v) is 2.65. The molecule has 0 spiro atoms. The van der Waals surface area contributed by atoms with E-state index in [9.17, 15) is 9.59 Å². The molecule has 2 N–H and O–H groups in total. The Labute approximate surface area is 99.5 Å². The second-order valence-electron chi connectivity index (χ2n) is 3.80. The van der Waals surface area contributed by atoms with Crippen molar-refractivity contribution in [2.75, 3.05) is 20.3 Å². The van der Waals surface area contributed by atoms with E-state index in [0.29, 0.717) is 19.4 Å². The maximum atomic E-state index is 11.7. The summed E-state index contributed by atoms with van der Waals surface area (Å²) in [6.07, 6.45) is 4.41. The lowest BCUT2D eigenvalue weighted by molar-refractivity contribution is -0.151. The van der Waals surface area contributed by atoms with Crippen molar-refractivity contribution in [2.45, 2.75) is 12.8 Å². The molecule has 0 saturated heterocycles. The maximum Gasteiger partial charge on any atom is 0.307 e. The number of amides is 1. The number of aliphatic carboxylic acids is 1. The molecule has 0 aromatic carbocycles. The summed E-state index contributed by atoms with van der Waals surface area (Å²) in [5, 5.41) is 8.99. The van der Waals surface area contributed by atoms with E-state index in [1.54, 1.807) is 6.08 Å². The smallest absolute Gasteiger partial charge is 0.307 e. The van der Waals surface area contributed by atoms with Crippen molar-refractivity contribution in [1.29, 1.82) is 0 Å². The topological polar surface area (TPSA) is 84.9 Å². The number of ether oxygens (including phenoxy) is 1. The first-order valence-electron chi connectivity index (χ1n) is 5.45. The summed E-state index contributed by atoms with van der Waals surface area (Å²) in [5.41, 5.74) is 2.26. The van der Waals surface area contributed by atoms with Gasteiger partial charge in [-0.05, 0) is 12.8 Å². The maximum absolute atomic E-state index is 11.7. The second-order valence-corrected chi connectivity index (χ2v) is 3.80. The van der Waals surface area contributed by atoms with Crippen LogP contribution in [0.25, 0.3) is 0 Å². The first-order valence-corrected chi connectivity index (χ1v) is 5.45. The van der Waals surface area contributed by atoms with Gasteiger partial charge in [0.05, 0.1) is 25.0 Å². The van der Waals surface area contributed by atoms with Gasteiger partial charge in [0.15, 0.2) is 0 Å². The minimum Gasteiger partial charge on any atom is -0.481 e. The van der Waals surface area contributed by atoms with Crippen molar-refractivity contribution in [2.24, 2.45) is 11.8 Å². The average Bonchev–Trinajstić information content (AvgIpc) is 2.34. The quantitative estimate of drug-likeness (QED) is 0.399. The fourth-order valence-electron chi connectivity index (χ4n) is 1.70. The summed E-state index contributed by atoms with van der Waals surface area (Å²) >= 11 is 0. The summed E-state index contributed by atoms with van der Waals surface area (Å²) in [7, 11) is 1.53. The Morgan fingerprint density at radius 2 is 1.94 bits per heavy atom. The molecule has 0 aromatic heterocycles. The van der Waals surface area contributed by atoms with Crippen LogP contribution >= 0.6 is 0 Å². The zero-order valence-corrected chi connectivity index (χ0v) is 9.72. The molecule has 1 rings (SSSR count). The Morgan fingerprint density at radius 1 is 1.29 bits per heavy atom. The van der Waals surface area contributed by atoms with Gasteiger partial charge in [0.2, 0.25) is 5.91 Å². The molecule has 2 atom stereocenters. The van der Waals surface area contributed by atoms with Crippen molar-refractivity contribution < 1.29 is 24.3 Å². The first kappa shape index (κ1) is 13.7. The summed E-state index contributed by atoms with van der Waals surface area (Å²) in [6.45, 7) is 0.607. The molecule has 17 heavy (non-hydrogen) atoms. The van der Waals surface area contributed by atoms with Crippen molar-refractivity contribution >= 4 is 11.9 Å². The van der Waals surface area contributed by atoms with E-state index in [-0.39, 0.29) is 6.61 Å². The van der Waals surface area contributed by atoms with Gasteiger partial charge in [-0.3, -0.25) is 14.4 Å². The predicted octanol–water partition coefficient (Wildman–Crippen LogP) is 0.348. The Kier molecular flexibility index (Phi) is 5.65. The minimum atomic E-state index is -0.952. The number of hydrogen-bond acceptors (Lipinski definition) is 4. The molecule has 0 radical (unpaired) electrons. The van der Waals surface area contributed by atoms with Gasteiger partial charge in [0, 0.05) is 7.11 Å². The number of nitrogens with one attached hydrogen (secondary N) is 1. The SMILES string of the molecule is COCCONC(=O)[C@@H]1CC=CC[C@@H]1C(=O)O. The van der Waals surface area contributed by atoms with Crippen molar-refractivity contribution in [1.82, 2.24) is 5.48 Å². The zero-order valence-electron chi connectivity index (χ0n) is 9.72. The van der Waals surface area contributed by atoms with Crippen LogP contribution in [0.5, 0.6) is 0 Å². The van der Waals surface area contributed by atoms with Gasteiger partial charge >= 0.3 is 5.97 Å². The molecule has 1 aliphatic rings. The predicted molar refractivity (Wildman–Crippen MR) is 59.0 cm³/mol. The number of carboxylic acids is 1. The summed E-state index contributed by atoms with van der Waals surface area (Å²) in [6, 6.07) is 0. The second kappa shape index (κ2) is 7.03. The number of carbonyl (C=O) groups excluding carboxylic acids is 1. The number of carboxylic acid groups (broad SMARTS) is 1. The van der Waals surface area contributed by atoms with Gasteiger partial charge in [0.25, 0.3) is 0 Å². The number of methoxy groups -OCH3 is 1. The largest absolute Gasteiger partial charge is 0.481 e. The standard InChI is InChI=1S/C11H17NO5/c1-16-6-7-17-12-10(13)8-4-2-3-5-9(8)11(14)15/h2-3,8-9H,4-7H2,1H3,(H,12,13)(H,14,15)/t8-,9+/m1/s1. The molecule has 6 heteroatoms. The molecule has 0 fully saturated rings. The number of allylic oxidation sites excluding steroid dienone is 2. The fraction of sp³-hybridized carbons (Fsp3) is 0.636. The van der Waals surface area contributed by atoms with Crippen LogP contribution in [0.3, 0.4) is 0 Å². The molecule has 0 saturated carbocycles. The molecular formula is C11H17NO5. The molecule has 96 valence electrons. The van der Waals surface area contributed by atoms with E-state index < -0.39 is 23.7 Å². The first-order chi connectivity index (χ1) is 8.16. The fourth-order valence-corrected chi connectivity index (χ4v) is 1.70. The normalized spacial score (nSPS) is 23.4. The van der Waals surface area contributed by atoms with Gasteiger partial charge < -0.3 is 9.84 Å². The lowest BCUT2D eigenvalue weighted by atomic mass is 9.82. The highest BCUT2D eigenvalue weighted by Gasteiger charge is 2.33. The van der Waals surface area contributed by atoms with Crippen LogP contribution in [0, 0.1) is 11.8 Å². The Balaban J connectivity index is 2.43. The third-order valence-electron chi connectivity index (χ3n) is 2.65. The van der Waals surface area contributed by atoms with E-state index >= 15 is 0 Å². The van der Waals surface area contributed by atoms with Gasteiger partial charge in [-0.1, -0.05) is 12.2 Å². The van der Waals surface area contributed by atoms with Crippen LogP contribution in [-0.2, 0) is 19.2 Å². The van der Waals surface area contributed by atoms with Crippen LogP contribution in [0.1, 0.15) is 12.8 Å². The lowest BCUT2D eigenvalue weighted by Gasteiger charge is -2.23. The summed E-state index contributed by atoms with van der Waals surface area (Å²) < 4.78 is 4.75. The molecule has 1 aliphatic carbocycles. The van der Waals surface area contributed by atoms with Crippen LogP contribution < -0.4 is 5.48 Å². The molecule has 6 nitrogen and oxygen atoms in total. The Hall–Kier alpha value is -1.40. The monoisotopic (exact) mass is 243 g/mol. The minimum absolute atomic E-state index is 0.239. The number of carbonyl (C=O) groups is 2. The van der Waals surface area contributed by atoms with Crippen LogP contribution in [0.4, 0.5) is 0 Å². The Bertz CT molecular complexity index is 302. The molecule has 1 amide bonds. The third kappa shape index (κ3) is 4.16. The van der Waals surface area contributed by atoms with Crippen LogP contribution in [0.15, 0.2) is 12.2 Å². The molecule has 0 aromatic rings. The Morgan fingerprint density at radius 3 is 2.53 bits per heavy atom. The summed E-state index contributed by atoms with van der Waals surface area (Å²) in [5.74, 6) is -2.59. The average molecular weight is 243 g/mol. The van der Waals surface area contributed by atoms with Crippen molar-refractivity contribution in [3.63, 3.8) is 0 Å². The molecule has 0 bridgehead atoms. The number of hydroxylamine groups is 1. The van der Waals surface area contributed by atoms with Gasteiger partial charge in [-0.15, -0.1) is 0 Å². The van der Waals surface area contributed by atoms with E-state index in [2.05, 4.69) is 5.48 Å². The zero-order chi connectivity index (χ0) is 12.7. The summed E-state index contributed by atoms with van der Waals surface area (Å²) in [4.78, 5) is 27.5. The highest BCUT2D eigenvalue weighted by Crippen LogP contribution is 2.25. The van der Waals surface area contributed by atoms with Gasteiger partial charge in [-0.2, -0.15) is 0 Å². The molecule has 0 unspecified atom stereocenters. The van der Waals surface area contributed by atoms with E-state index in [1.807, 2.05) is 6.08 Å². The van der Waals surface area contributed by atoms with E-state index in [1.165, 1.54) is 7.11 Å². The number of rotatable bonds is 6. The number of hydrogen-bond donors (Lipinski definition) is 2. The highest BCUT2D eigenvalue weighted by atomic mass is 16.7.